The lowest BCUT2D eigenvalue weighted by molar-refractivity contribution is 0.0601. The third kappa shape index (κ3) is 4.08. The number of carbonyl (C=O) groups is 1. The van der Waals surface area contributed by atoms with Crippen LogP contribution in [0.2, 0.25) is 5.02 Å². The molecular formula is C24H27ClN2O2. The van der Waals surface area contributed by atoms with Crippen molar-refractivity contribution in [2.75, 3.05) is 18.6 Å². The Morgan fingerprint density at radius 1 is 1.24 bits per heavy atom. The second-order valence-electron chi connectivity index (χ2n) is 7.87. The molecule has 0 radical (unpaired) electrons. The zero-order valence-electron chi connectivity index (χ0n) is 17.8. The molecule has 0 unspecified atom stereocenters. The molecule has 0 spiro atoms. The predicted octanol–water partition coefficient (Wildman–Crippen LogP) is 6.21. The lowest BCUT2D eigenvalue weighted by Crippen LogP contribution is -2.44. The number of hydrogen-bond acceptors (Lipinski definition) is 4. The monoisotopic (exact) mass is 410 g/mol. The van der Waals surface area contributed by atoms with Crippen LogP contribution in [0.4, 0.5) is 11.4 Å². The number of fused-ring (bicyclic) bond motifs is 1. The molecule has 0 saturated heterocycles. The summed E-state index contributed by atoms with van der Waals surface area (Å²) in [5.41, 5.74) is 6.47. The van der Waals surface area contributed by atoms with E-state index in [2.05, 4.69) is 49.7 Å². The molecule has 1 heterocycles. The lowest BCUT2D eigenvalue weighted by atomic mass is 9.88. The number of esters is 1. The van der Waals surface area contributed by atoms with Crippen LogP contribution < -0.4 is 4.90 Å². The summed E-state index contributed by atoms with van der Waals surface area (Å²) >= 11 is 6.62. The van der Waals surface area contributed by atoms with Crippen LogP contribution in [0.1, 0.15) is 54.7 Å². The van der Waals surface area contributed by atoms with E-state index in [1.807, 2.05) is 19.1 Å². The average molecular weight is 411 g/mol. The molecule has 2 aromatic carbocycles. The normalized spacial score (nSPS) is 15.3. The lowest BCUT2D eigenvalue weighted by Gasteiger charge is -2.43. The first-order chi connectivity index (χ1) is 13.7. The van der Waals surface area contributed by atoms with E-state index < -0.39 is 0 Å². The second kappa shape index (κ2) is 8.03. The van der Waals surface area contributed by atoms with Gasteiger partial charge in [-0.3, -0.25) is 4.99 Å². The van der Waals surface area contributed by atoms with Gasteiger partial charge in [-0.15, -0.1) is 0 Å². The first kappa shape index (κ1) is 21.1. The molecule has 3 rings (SSSR count). The Kier molecular flexibility index (Phi) is 5.85. The fourth-order valence-electron chi connectivity index (χ4n) is 3.92. The van der Waals surface area contributed by atoms with Gasteiger partial charge in [0.2, 0.25) is 0 Å². The second-order valence-corrected chi connectivity index (χ2v) is 8.27. The van der Waals surface area contributed by atoms with Gasteiger partial charge in [-0.2, -0.15) is 0 Å². The zero-order valence-corrected chi connectivity index (χ0v) is 18.6. The number of aliphatic imine (C=N–C) groups is 1. The largest absolute Gasteiger partial charge is 0.465 e. The van der Waals surface area contributed by atoms with Gasteiger partial charge in [0.15, 0.2) is 0 Å². The molecule has 0 aromatic heterocycles. The highest BCUT2D eigenvalue weighted by Crippen LogP contribution is 2.41. The van der Waals surface area contributed by atoms with Crippen molar-refractivity contribution in [3.63, 3.8) is 0 Å². The molecule has 29 heavy (non-hydrogen) atoms. The van der Waals surface area contributed by atoms with E-state index in [1.165, 1.54) is 12.7 Å². The van der Waals surface area contributed by atoms with Crippen LogP contribution in [0.25, 0.3) is 5.57 Å². The minimum absolute atomic E-state index is 0.0593. The van der Waals surface area contributed by atoms with Gasteiger partial charge >= 0.3 is 5.97 Å². The van der Waals surface area contributed by atoms with Crippen molar-refractivity contribution in [3.8, 4) is 0 Å². The highest BCUT2D eigenvalue weighted by atomic mass is 35.5. The minimum Gasteiger partial charge on any atom is -0.465 e. The number of likely N-dealkylation sites (N-methyl/N-ethyl adjacent to an activating group) is 1. The number of halogens is 1. The Morgan fingerprint density at radius 2 is 1.97 bits per heavy atom. The number of methoxy groups -OCH3 is 1. The van der Waals surface area contributed by atoms with Gasteiger partial charge in [-0.25, -0.2) is 4.79 Å². The summed E-state index contributed by atoms with van der Waals surface area (Å²) in [5, 5.41) is 0.651. The van der Waals surface area contributed by atoms with E-state index in [4.69, 9.17) is 16.3 Å². The zero-order chi connectivity index (χ0) is 21.3. The highest BCUT2D eigenvalue weighted by Gasteiger charge is 2.30. The molecule has 1 aliphatic rings. The Bertz CT molecular complexity index is 1020. The van der Waals surface area contributed by atoms with Crippen LogP contribution in [-0.4, -0.2) is 31.4 Å². The van der Waals surface area contributed by atoms with Crippen LogP contribution in [0, 0.1) is 6.92 Å². The molecular weight excluding hydrogens is 384 g/mol. The first-order valence-electron chi connectivity index (χ1n) is 9.72. The van der Waals surface area contributed by atoms with Crippen LogP contribution >= 0.6 is 11.6 Å². The Balaban J connectivity index is 2.02. The van der Waals surface area contributed by atoms with E-state index in [9.17, 15) is 4.79 Å². The van der Waals surface area contributed by atoms with Crippen LogP contribution in [0.3, 0.4) is 0 Å². The van der Waals surface area contributed by atoms with Gasteiger partial charge < -0.3 is 9.64 Å². The van der Waals surface area contributed by atoms with Crippen molar-refractivity contribution in [2.24, 2.45) is 4.99 Å². The molecule has 1 aliphatic heterocycles. The van der Waals surface area contributed by atoms with Gasteiger partial charge in [0.05, 0.1) is 28.9 Å². The number of hydrogen-bond donors (Lipinski definition) is 0. The molecule has 0 N–H and O–H groups in total. The van der Waals surface area contributed by atoms with Gasteiger partial charge in [-0.1, -0.05) is 23.7 Å². The number of ether oxygens (including phenoxy) is 1. The first-order valence-corrected chi connectivity index (χ1v) is 10.1. The molecule has 0 fully saturated rings. The number of nitrogens with zero attached hydrogens (tertiary/aromatic N) is 2. The summed E-state index contributed by atoms with van der Waals surface area (Å²) in [6, 6.07) is 9.45. The van der Waals surface area contributed by atoms with E-state index >= 15 is 0 Å². The molecule has 0 amide bonds. The van der Waals surface area contributed by atoms with Gasteiger partial charge in [-0.05, 0) is 70.0 Å². The summed E-state index contributed by atoms with van der Waals surface area (Å²) < 4.78 is 4.80. The molecule has 5 heteroatoms. The van der Waals surface area contributed by atoms with Gasteiger partial charge in [0.25, 0.3) is 0 Å². The maximum absolute atomic E-state index is 11.8. The van der Waals surface area contributed by atoms with Gasteiger partial charge in [0.1, 0.15) is 0 Å². The molecule has 2 aromatic rings. The number of anilines is 1. The summed E-state index contributed by atoms with van der Waals surface area (Å²) in [6.45, 7) is 11.6. The quantitative estimate of drug-likeness (QED) is 0.444. The minimum atomic E-state index is -0.378. The SMILES string of the molecule is CCN1c2cc(Cl)c(C=Nc3cc(C(=O)OC)ccc3C)cc2C(C)=CC1(C)C. The van der Waals surface area contributed by atoms with Crippen LogP contribution in [0.15, 0.2) is 41.4 Å². The summed E-state index contributed by atoms with van der Waals surface area (Å²) in [5.74, 6) is -0.378. The van der Waals surface area contributed by atoms with Crippen molar-refractivity contribution in [2.45, 2.75) is 40.2 Å². The van der Waals surface area contributed by atoms with E-state index in [0.717, 1.165) is 28.9 Å². The van der Waals surface area contributed by atoms with Gasteiger partial charge in [0, 0.05) is 29.6 Å². The van der Waals surface area contributed by atoms with Crippen molar-refractivity contribution in [1.29, 1.82) is 0 Å². The maximum Gasteiger partial charge on any atom is 0.337 e. The van der Waals surface area contributed by atoms with Crippen molar-refractivity contribution >= 4 is 40.7 Å². The molecule has 0 aliphatic carbocycles. The molecule has 0 bridgehead atoms. The summed E-state index contributed by atoms with van der Waals surface area (Å²) in [4.78, 5) is 18.8. The topological polar surface area (TPSA) is 41.9 Å². The smallest absolute Gasteiger partial charge is 0.337 e. The van der Waals surface area contributed by atoms with Crippen molar-refractivity contribution < 1.29 is 9.53 Å². The molecule has 0 atom stereocenters. The predicted molar refractivity (Wildman–Crippen MR) is 122 cm³/mol. The Morgan fingerprint density at radius 3 is 2.62 bits per heavy atom. The number of carbonyl (C=O) groups excluding carboxylic acids is 1. The van der Waals surface area contributed by atoms with E-state index in [0.29, 0.717) is 16.3 Å². The third-order valence-corrected chi connectivity index (χ3v) is 5.71. The fourth-order valence-corrected chi connectivity index (χ4v) is 4.13. The number of allylic oxidation sites excluding steroid dienone is 1. The average Bonchev–Trinajstić information content (AvgIpc) is 2.66. The Hall–Kier alpha value is -2.59. The van der Waals surface area contributed by atoms with Crippen LogP contribution in [-0.2, 0) is 4.74 Å². The van der Waals surface area contributed by atoms with E-state index in [-0.39, 0.29) is 11.5 Å². The van der Waals surface area contributed by atoms with Crippen LogP contribution in [0.5, 0.6) is 0 Å². The van der Waals surface area contributed by atoms with Crippen molar-refractivity contribution in [1.82, 2.24) is 0 Å². The summed E-state index contributed by atoms with van der Waals surface area (Å²) in [6.07, 6.45) is 4.05. The molecule has 4 nitrogen and oxygen atoms in total. The standard InChI is InChI=1S/C24H27ClN2O2/c1-7-27-22-12-20(25)18(10-19(22)16(3)13-24(27,4)5)14-26-21-11-17(23(28)29-6)9-8-15(21)2/h8-14H,7H2,1-6H3. The third-order valence-electron chi connectivity index (χ3n) is 5.39. The number of rotatable bonds is 4. The number of benzene rings is 2. The van der Waals surface area contributed by atoms with E-state index in [1.54, 1.807) is 18.3 Å². The molecule has 152 valence electrons. The maximum atomic E-state index is 11.8. The summed E-state index contributed by atoms with van der Waals surface area (Å²) in [7, 11) is 1.37. The molecule has 0 saturated carbocycles. The highest BCUT2D eigenvalue weighted by molar-refractivity contribution is 6.33. The Labute approximate surface area is 177 Å². The van der Waals surface area contributed by atoms with Crippen molar-refractivity contribution in [3.05, 3.63) is 63.7 Å². The fraction of sp³-hybridized carbons (Fsp3) is 0.333. The number of aryl methyl sites for hydroxylation is 1.